The molecule has 5 aliphatic heterocycles. The van der Waals surface area contributed by atoms with E-state index in [-0.39, 0.29) is 60.6 Å². The number of hydrogen-bond donors (Lipinski definition) is 5. The molecule has 9 N–H and O–H groups in total. The molecule has 3 aromatic rings. The van der Waals surface area contributed by atoms with Crippen molar-refractivity contribution >= 4 is 22.0 Å². The van der Waals surface area contributed by atoms with Gasteiger partial charge in [-0.15, -0.1) is 0 Å². The van der Waals surface area contributed by atoms with Crippen LogP contribution in [0.2, 0.25) is 0 Å². The van der Waals surface area contributed by atoms with E-state index in [0.29, 0.717) is 41.9 Å². The summed E-state index contributed by atoms with van der Waals surface area (Å²) in [6.07, 6.45) is 15.1. The Morgan fingerprint density at radius 2 is 1.25 bits per heavy atom. The zero-order valence-corrected chi connectivity index (χ0v) is 43.2. The van der Waals surface area contributed by atoms with Gasteiger partial charge < -0.3 is 69.4 Å². The van der Waals surface area contributed by atoms with Gasteiger partial charge in [-0.05, 0) is 129 Å². The van der Waals surface area contributed by atoms with E-state index in [9.17, 15) is 24.9 Å². The highest BCUT2D eigenvalue weighted by Gasteiger charge is 2.73. The minimum atomic E-state index is -5.17. The molecule has 3 fully saturated rings. The number of benzene rings is 3. The lowest BCUT2D eigenvalue weighted by atomic mass is 9.46. The third-order valence-electron chi connectivity index (χ3n) is 18.6. The predicted octanol–water partition coefficient (Wildman–Crippen LogP) is 0.723. The summed E-state index contributed by atoms with van der Waals surface area (Å²) in [4.78, 5) is 27.5. The van der Waals surface area contributed by atoms with Gasteiger partial charge in [-0.1, -0.05) is 30.4 Å². The van der Waals surface area contributed by atoms with Gasteiger partial charge in [-0.3, -0.25) is 22.9 Å². The quantitative estimate of drug-likeness (QED) is 0.137. The van der Waals surface area contributed by atoms with Gasteiger partial charge in [0.25, 0.3) is 0 Å². The van der Waals surface area contributed by atoms with Crippen LogP contribution < -0.4 is 39.5 Å². The summed E-state index contributed by atoms with van der Waals surface area (Å²) in [5, 5.41) is 36.4. The molecule has 19 nitrogen and oxygen atoms in total. The summed E-state index contributed by atoms with van der Waals surface area (Å²) < 4.78 is 69.1. The molecule has 5 heterocycles. The van der Waals surface area contributed by atoms with Crippen LogP contribution in [0.5, 0.6) is 34.5 Å². The molecule has 12 aliphatic rings. The van der Waals surface area contributed by atoms with Crippen molar-refractivity contribution in [3.05, 3.63) is 125 Å². The molecule has 0 aromatic heterocycles. The second kappa shape index (κ2) is 17.9. The zero-order valence-electron chi connectivity index (χ0n) is 42.3. The summed E-state index contributed by atoms with van der Waals surface area (Å²) >= 11 is 0. The third-order valence-corrected chi connectivity index (χ3v) is 18.6. The summed E-state index contributed by atoms with van der Waals surface area (Å²) in [6.45, 7) is 1.86. The van der Waals surface area contributed by atoms with Gasteiger partial charge in [0, 0.05) is 58.9 Å². The van der Waals surface area contributed by atoms with Crippen molar-refractivity contribution < 1.29 is 82.1 Å². The molecule has 3 aromatic carbocycles. The fourth-order valence-corrected chi connectivity index (χ4v) is 15.6. The molecule has 4 unspecified atom stereocenters. The number of aliphatic hydroxyl groups excluding tert-OH is 1. The van der Waals surface area contributed by atoms with Crippen LogP contribution in [0.1, 0.15) is 59.1 Å². The zero-order chi connectivity index (χ0) is 51.4. The highest BCUT2D eigenvalue weighted by atomic mass is 32.3. The largest absolute Gasteiger partial charge is 0.759 e. The second-order valence-electron chi connectivity index (χ2n) is 21.4. The lowest BCUT2D eigenvalue weighted by Gasteiger charge is -2.58. The Bertz CT molecular complexity index is 3150. The third kappa shape index (κ3) is 6.83. The van der Waals surface area contributed by atoms with E-state index in [4.69, 9.17) is 45.9 Å². The molecule has 0 amide bonds. The maximum atomic E-state index is 12.6. The van der Waals surface area contributed by atoms with Crippen molar-refractivity contribution in [2.45, 2.75) is 109 Å². The van der Waals surface area contributed by atoms with Crippen molar-refractivity contribution in [3.63, 3.8) is 0 Å². The number of methoxy groups -OCH3 is 3. The first-order valence-corrected chi connectivity index (χ1v) is 26.2. The van der Waals surface area contributed by atoms with Crippen molar-refractivity contribution in [2.24, 2.45) is 5.92 Å². The molecule has 20 heteroatoms. The van der Waals surface area contributed by atoms with E-state index >= 15 is 0 Å². The Kier molecular flexibility index (Phi) is 12.6. The molecule has 3 spiro atoms. The van der Waals surface area contributed by atoms with Gasteiger partial charge in [0.2, 0.25) is 0 Å². The van der Waals surface area contributed by atoms with E-state index in [1.807, 2.05) is 24.3 Å². The maximum Gasteiger partial charge on any atom is 0.196 e. The first kappa shape index (κ1) is 52.7. The molecular weight excluding hydrogens is 991 g/mol. The topological polar surface area (TPSA) is 305 Å². The molecule has 2 saturated heterocycles. The van der Waals surface area contributed by atoms with Gasteiger partial charge >= 0.3 is 0 Å². The van der Waals surface area contributed by atoms with E-state index in [1.165, 1.54) is 28.9 Å². The average Bonchev–Trinajstić information content (AvgIpc) is 4.19. The summed E-state index contributed by atoms with van der Waals surface area (Å²) in [5.41, 5.74) is 10.0. The molecule has 15 rings (SSSR count). The number of likely N-dealkylation sites (N-methyl/N-ethyl adjacent to an activating group) is 1. The first-order chi connectivity index (χ1) is 34.8. The molecule has 6 bridgehead atoms. The number of allylic oxidation sites excluding steroid dienone is 2. The Morgan fingerprint density at radius 1 is 0.747 bits per heavy atom. The number of hydrogen-bond acceptors (Lipinski definition) is 17. The van der Waals surface area contributed by atoms with Gasteiger partial charge in [0.1, 0.15) is 17.3 Å². The van der Waals surface area contributed by atoms with Crippen LogP contribution >= 0.6 is 0 Å². The number of quaternary nitrogens is 1. The highest BCUT2D eigenvalue weighted by molar-refractivity contribution is 7.79. The Balaban J connectivity index is 0.000000121. The van der Waals surface area contributed by atoms with E-state index < -0.39 is 44.6 Å². The van der Waals surface area contributed by atoms with Crippen molar-refractivity contribution in [2.75, 3.05) is 48.1 Å². The fourth-order valence-electron chi connectivity index (χ4n) is 15.6. The molecule has 12 atom stereocenters. The molecule has 75 heavy (non-hydrogen) atoms. The van der Waals surface area contributed by atoms with Crippen LogP contribution in [0.25, 0.3) is 0 Å². The van der Waals surface area contributed by atoms with Crippen molar-refractivity contribution in [3.8, 4) is 34.5 Å². The highest BCUT2D eigenvalue weighted by Crippen LogP contribution is 2.67. The standard InChI is InChI=1S/C19H21NO3.C18H19NO4.C17H17NO4.CH3.H2O4S.H2O/c1-20-8-7-19-13-5-3-12(10-21)18(19)23-17-15(22-2)6-4-11(16(17)19)9-14(13)20;1-22-13-3-2-9-8-10-11(19)4-6-17-14(9)15(13)23-16(17)12(20)5-7-18(10,17)21;1-21-11-3-2-9-8-12-17(20)5-4-10(19)15-16(17,6-7-18-12)13(9)14(11)22-15;;1-5(2,3)4;/h3-6,14,18,21H,7-10H2,1-2H3;2-3,5,7,10-11,16,21H,4,6,8,19H2,1H3;2-5,12,15,18,20H,6-8H2,1H3;1H3;(H2,1,2,3,4);1H2/q;;;+1;;/p-1/t14-,18?,19+;10-,11?,16?,17-,18+;12-,15?,16+,17-;;;/m101.../s1. The van der Waals surface area contributed by atoms with Crippen LogP contribution in [0.4, 0.5) is 0 Å². The van der Waals surface area contributed by atoms with Crippen molar-refractivity contribution in [1.82, 2.24) is 10.2 Å². The van der Waals surface area contributed by atoms with Gasteiger partial charge in [-0.25, -0.2) is 0 Å². The van der Waals surface area contributed by atoms with Crippen LogP contribution in [0.15, 0.2) is 84.0 Å². The Morgan fingerprint density at radius 3 is 1.81 bits per heavy atom. The van der Waals surface area contributed by atoms with Gasteiger partial charge in [0.05, 0.1) is 50.2 Å². The number of ketones is 2. The average molecular weight is 1050 g/mol. The van der Waals surface area contributed by atoms with Crippen molar-refractivity contribution in [1.29, 1.82) is 0 Å². The van der Waals surface area contributed by atoms with Crippen LogP contribution in [-0.2, 0) is 55.5 Å². The number of likely N-dealkylation sites (tertiary alicyclic amines) is 1. The van der Waals surface area contributed by atoms with Crippen LogP contribution in [-0.4, -0.2) is 150 Å². The van der Waals surface area contributed by atoms with Crippen LogP contribution in [0.3, 0.4) is 0 Å². The molecular formula is C55H63N3O16S. The first-order valence-electron chi connectivity index (χ1n) is 24.8. The summed E-state index contributed by atoms with van der Waals surface area (Å²) in [6, 6.07) is 12.6. The number of carbonyl (C=O) groups excluding carboxylic acids is 2. The number of carbonyl (C=O) groups is 2. The van der Waals surface area contributed by atoms with E-state index in [0.717, 1.165) is 84.5 Å². The second-order valence-corrected chi connectivity index (χ2v) is 22.2. The lowest BCUT2D eigenvalue weighted by Crippen LogP contribution is -2.78. The molecule has 0 radical (unpaired) electrons. The Hall–Kier alpha value is -5.78. The molecule has 7 aliphatic carbocycles. The summed E-state index contributed by atoms with van der Waals surface area (Å²) in [5.74, 6) is 4.13. The number of piperidine rings is 2. The van der Waals surface area contributed by atoms with Gasteiger partial charge in [0.15, 0.2) is 58.3 Å². The Labute approximate surface area is 434 Å². The molecule has 1 saturated carbocycles. The van der Waals surface area contributed by atoms with Gasteiger partial charge in [-0.2, -0.15) is 0 Å². The minimum absolute atomic E-state index is 0. The monoisotopic (exact) mass is 1050 g/mol. The minimum Gasteiger partial charge on any atom is -0.759 e. The van der Waals surface area contributed by atoms with E-state index in [1.54, 1.807) is 33.5 Å². The number of aliphatic hydroxyl groups is 3. The lowest BCUT2D eigenvalue weighted by molar-refractivity contribution is -0.452. The predicted molar refractivity (Wildman–Crippen MR) is 267 cm³/mol. The van der Waals surface area contributed by atoms with E-state index in [2.05, 4.69) is 47.3 Å². The summed E-state index contributed by atoms with van der Waals surface area (Å²) in [7, 11) is 1.94. The fraction of sp³-hybridized carbons (Fsp3) is 0.473. The SMILES string of the molecule is COc1ccc2c3c1OC1C(=O)C=C[C@@]4(O)[C@@H](C2)C([NH3+])CC[C@]314.COc1ccc2c3c1OC1C(=O)C=C[C@@]4(O)[C@@H](C2)NCC[C@]314.COc1ccc2c3c1OC1C(CO)=CC=C4[C@@H](C2)N(C)CC[C@]431.O.O=S(=O)([O-])[O-].[CH3+]. The maximum absolute atomic E-state index is 12.6. The number of nitrogens with zero attached hydrogens (tertiary/aromatic N) is 1. The number of rotatable bonds is 4. The number of ether oxygens (including phenoxy) is 6. The smallest absolute Gasteiger partial charge is 0.196 e. The normalized spacial score (nSPS) is 35.8. The van der Waals surface area contributed by atoms with Crippen LogP contribution in [0, 0.1) is 13.3 Å². The number of nitrogens with one attached hydrogen (secondary N) is 1. The molecule has 400 valence electrons.